The Morgan fingerprint density at radius 2 is 2.18 bits per heavy atom. The van der Waals surface area contributed by atoms with Crippen molar-refractivity contribution in [2.45, 2.75) is 13.8 Å². The molecule has 1 N–H and O–H groups in total. The van der Waals surface area contributed by atoms with Crippen LogP contribution in [0, 0.1) is 0 Å². The number of rotatable bonds is 3. The van der Waals surface area contributed by atoms with Crippen LogP contribution in [-0.2, 0) is 4.74 Å². The van der Waals surface area contributed by atoms with E-state index in [9.17, 15) is 0 Å². The van der Waals surface area contributed by atoms with E-state index < -0.39 is 0 Å². The predicted octanol–water partition coefficient (Wildman–Crippen LogP) is 1.94. The van der Waals surface area contributed by atoms with Crippen molar-refractivity contribution in [3.63, 3.8) is 0 Å². The van der Waals surface area contributed by atoms with Gasteiger partial charge in [-0.3, -0.25) is 0 Å². The minimum absolute atomic E-state index is 0.514. The summed E-state index contributed by atoms with van der Waals surface area (Å²) in [4.78, 5) is 0. The third-order valence-electron chi connectivity index (χ3n) is 1.08. The van der Waals surface area contributed by atoms with E-state index in [2.05, 4.69) is 5.16 Å². The molecule has 0 saturated heterocycles. The van der Waals surface area contributed by atoms with Crippen molar-refractivity contribution in [1.82, 2.24) is 0 Å². The molecule has 0 amide bonds. The largest absolute Gasteiger partial charge is 0.497 e. The average Bonchev–Trinajstić information content (AvgIpc) is 2.03. The van der Waals surface area contributed by atoms with Gasteiger partial charge in [0.2, 0.25) is 0 Å². The Bertz CT molecular complexity index is 192. The highest BCUT2D eigenvalue weighted by atomic mass is 16.5. The summed E-state index contributed by atoms with van der Waals surface area (Å²) >= 11 is 0. The molecule has 0 aliphatic heterocycles. The molecule has 0 rings (SSSR count). The molecule has 0 unspecified atom stereocenters. The summed E-state index contributed by atoms with van der Waals surface area (Å²) in [7, 11) is 1.57. The molecule has 0 aliphatic rings. The fraction of sp³-hybridized carbons (Fsp3) is 0.375. The molecule has 0 aliphatic carbocycles. The van der Waals surface area contributed by atoms with Crippen molar-refractivity contribution in [2.24, 2.45) is 5.16 Å². The van der Waals surface area contributed by atoms with Crippen LogP contribution in [0.3, 0.4) is 0 Å². The predicted molar refractivity (Wildman–Crippen MR) is 44.8 cm³/mol. The second kappa shape index (κ2) is 5.53. The number of oxime groups is 1. The Labute approximate surface area is 66.7 Å². The molecule has 3 heteroatoms. The first-order valence-corrected chi connectivity index (χ1v) is 3.31. The minimum atomic E-state index is 0.514. The third kappa shape index (κ3) is 4.19. The van der Waals surface area contributed by atoms with Crippen LogP contribution in [0.25, 0.3) is 0 Å². The third-order valence-corrected chi connectivity index (χ3v) is 1.08. The number of hydrogen-bond donors (Lipinski definition) is 1. The standard InChI is InChI=1S/C8H13NO2/c1-4-5-8(11-3)6-7(2)9-10/h4-6,10H,1-3H3/b5-4-,8-6+,9-7+. The number of hydrogen-bond acceptors (Lipinski definition) is 3. The molecule has 0 spiro atoms. The molecule has 0 bridgehead atoms. The second-order valence-corrected chi connectivity index (χ2v) is 1.99. The smallest absolute Gasteiger partial charge is 0.120 e. The van der Waals surface area contributed by atoms with E-state index in [-0.39, 0.29) is 0 Å². The van der Waals surface area contributed by atoms with Crippen molar-refractivity contribution in [3.8, 4) is 0 Å². The molecule has 62 valence electrons. The fourth-order valence-corrected chi connectivity index (χ4v) is 0.574. The van der Waals surface area contributed by atoms with Crippen LogP contribution in [0.15, 0.2) is 29.1 Å². The summed E-state index contributed by atoms with van der Waals surface area (Å²) in [6, 6.07) is 0. The van der Waals surface area contributed by atoms with E-state index in [1.54, 1.807) is 26.2 Å². The monoisotopic (exact) mass is 155 g/mol. The maximum Gasteiger partial charge on any atom is 0.120 e. The highest BCUT2D eigenvalue weighted by Crippen LogP contribution is 1.97. The van der Waals surface area contributed by atoms with Crippen LogP contribution < -0.4 is 0 Å². The van der Waals surface area contributed by atoms with Gasteiger partial charge in [-0.05, 0) is 19.9 Å². The number of allylic oxidation sites excluding steroid dienone is 3. The first kappa shape index (κ1) is 9.75. The lowest BCUT2D eigenvalue weighted by Gasteiger charge is -1.97. The van der Waals surface area contributed by atoms with E-state index in [1.807, 2.05) is 13.0 Å². The molecule has 0 saturated carbocycles. The highest BCUT2D eigenvalue weighted by Gasteiger charge is 1.90. The summed E-state index contributed by atoms with van der Waals surface area (Å²) in [5, 5.41) is 11.3. The molecule has 0 aromatic heterocycles. The quantitative estimate of drug-likeness (QED) is 0.222. The van der Waals surface area contributed by atoms with E-state index >= 15 is 0 Å². The van der Waals surface area contributed by atoms with E-state index in [4.69, 9.17) is 9.94 Å². The molecule has 0 aromatic rings. The van der Waals surface area contributed by atoms with E-state index in [0.29, 0.717) is 11.5 Å². The maximum absolute atomic E-state index is 8.31. The minimum Gasteiger partial charge on any atom is -0.497 e. The number of nitrogens with zero attached hydrogens (tertiary/aromatic N) is 1. The van der Waals surface area contributed by atoms with Crippen molar-refractivity contribution in [3.05, 3.63) is 24.0 Å². The van der Waals surface area contributed by atoms with Gasteiger partial charge in [0.1, 0.15) is 5.76 Å². The van der Waals surface area contributed by atoms with E-state index in [0.717, 1.165) is 0 Å². The molecular weight excluding hydrogens is 142 g/mol. The number of methoxy groups -OCH3 is 1. The molecule has 11 heavy (non-hydrogen) atoms. The van der Waals surface area contributed by atoms with Crippen molar-refractivity contribution >= 4 is 5.71 Å². The zero-order valence-electron chi connectivity index (χ0n) is 7.03. The molecule has 0 atom stereocenters. The first-order chi connectivity index (χ1) is 5.24. The SMILES string of the molecule is C\C=C/C(=C\C(C)=N\O)OC. The number of ether oxygens (including phenoxy) is 1. The zero-order chi connectivity index (χ0) is 8.69. The van der Waals surface area contributed by atoms with Gasteiger partial charge in [-0.2, -0.15) is 0 Å². The van der Waals surface area contributed by atoms with Crippen molar-refractivity contribution in [2.75, 3.05) is 7.11 Å². The lowest BCUT2D eigenvalue weighted by molar-refractivity contribution is 0.305. The van der Waals surface area contributed by atoms with Crippen LogP contribution in [0.2, 0.25) is 0 Å². The first-order valence-electron chi connectivity index (χ1n) is 3.31. The molecule has 0 fully saturated rings. The lowest BCUT2D eigenvalue weighted by Crippen LogP contribution is -1.89. The summed E-state index contributed by atoms with van der Waals surface area (Å²) < 4.78 is 4.95. The maximum atomic E-state index is 8.31. The topological polar surface area (TPSA) is 41.8 Å². The molecule has 0 heterocycles. The molecule has 0 radical (unpaired) electrons. The summed E-state index contributed by atoms with van der Waals surface area (Å²) in [5.41, 5.74) is 0.514. The second-order valence-electron chi connectivity index (χ2n) is 1.99. The average molecular weight is 155 g/mol. The summed E-state index contributed by atoms with van der Waals surface area (Å²) in [5.74, 6) is 0.669. The van der Waals surface area contributed by atoms with Gasteiger partial charge >= 0.3 is 0 Å². The zero-order valence-corrected chi connectivity index (χ0v) is 7.03. The van der Waals surface area contributed by atoms with Crippen LogP contribution in [-0.4, -0.2) is 18.0 Å². The Hall–Kier alpha value is -1.25. The molecule has 0 aromatic carbocycles. The van der Waals surface area contributed by atoms with Crippen LogP contribution in [0.5, 0.6) is 0 Å². The Morgan fingerprint density at radius 3 is 2.55 bits per heavy atom. The van der Waals surface area contributed by atoms with Gasteiger partial charge in [-0.25, -0.2) is 0 Å². The summed E-state index contributed by atoms with van der Waals surface area (Å²) in [6.45, 7) is 3.57. The molecular formula is C8H13NO2. The van der Waals surface area contributed by atoms with Crippen molar-refractivity contribution < 1.29 is 9.94 Å². The normalized spacial score (nSPS) is 14.1. The van der Waals surface area contributed by atoms with Gasteiger partial charge < -0.3 is 9.94 Å². The van der Waals surface area contributed by atoms with Gasteiger partial charge in [0.25, 0.3) is 0 Å². The van der Waals surface area contributed by atoms with Gasteiger partial charge in [0, 0.05) is 6.08 Å². The lowest BCUT2D eigenvalue weighted by atomic mass is 10.3. The van der Waals surface area contributed by atoms with Crippen LogP contribution in [0.4, 0.5) is 0 Å². The van der Waals surface area contributed by atoms with Gasteiger partial charge in [0.05, 0.1) is 12.8 Å². The Morgan fingerprint density at radius 1 is 1.55 bits per heavy atom. The van der Waals surface area contributed by atoms with E-state index in [1.165, 1.54) is 0 Å². The van der Waals surface area contributed by atoms with Gasteiger partial charge in [-0.15, -0.1) is 0 Å². The fourth-order valence-electron chi connectivity index (χ4n) is 0.574. The Kier molecular flexibility index (Phi) is 4.90. The highest BCUT2D eigenvalue weighted by molar-refractivity contribution is 5.92. The van der Waals surface area contributed by atoms with Gasteiger partial charge in [0.15, 0.2) is 0 Å². The van der Waals surface area contributed by atoms with Gasteiger partial charge in [-0.1, -0.05) is 11.2 Å². The Balaban J connectivity index is 4.35. The van der Waals surface area contributed by atoms with Crippen LogP contribution in [0.1, 0.15) is 13.8 Å². The van der Waals surface area contributed by atoms with Crippen molar-refractivity contribution in [1.29, 1.82) is 0 Å². The van der Waals surface area contributed by atoms with Crippen LogP contribution >= 0.6 is 0 Å². The summed E-state index contributed by atoms with van der Waals surface area (Å²) in [6.07, 6.45) is 5.27. The molecule has 3 nitrogen and oxygen atoms in total.